The van der Waals surface area contributed by atoms with Gasteiger partial charge in [-0.15, -0.1) is 0 Å². The number of amides is 1. The first-order valence-corrected chi connectivity index (χ1v) is 9.76. The summed E-state index contributed by atoms with van der Waals surface area (Å²) in [6.45, 7) is 6.96. The molecule has 0 unspecified atom stereocenters. The lowest BCUT2D eigenvalue weighted by Gasteiger charge is -2.17. The fourth-order valence-corrected chi connectivity index (χ4v) is 1.91. The van der Waals surface area contributed by atoms with Crippen LogP contribution in [0.3, 0.4) is 0 Å². The van der Waals surface area contributed by atoms with Gasteiger partial charge in [-0.3, -0.25) is 0 Å². The number of alkyl carbamates (subject to hydrolysis) is 1. The first-order valence-electron chi connectivity index (χ1n) is 5.42. The zero-order chi connectivity index (χ0) is 13.5. The third-order valence-corrected chi connectivity index (χ3v) is 4.11. The summed E-state index contributed by atoms with van der Waals surface area (Å²) in [5.74, 6) is -0.349. The van der Waals surface area contributed by atoms with Crippen LogP contribution in [0.25, 0.3) is 0 Å². The highest BCUT2D eigenvalue weighted by atomic mass is 32.1. The van der Waals surface area contributed by atoms with E-state index in [-0.39, 0.29) is 5.75 Å². The summed E-state index contributed by atoms with van der Waals surface area (Å²) in [6, 6.07) is 0.132. The first kappa shape index (κ1) is 16.3. The van der Waals surface area contributed by atoms with Gasteiger partial charge in [0.2, 0.25) is 0 Å². The van der Waals surface area contributed by atoms with Gasteiger partial charge in [0.1, 0.15) is 6.04 Å². The average Bonchev–Trinajstić information content (AvgIpc) is 2.23. The Bertz CT molecular complexity index is 268. The van der Waals surface area contributed by atoms with E-state index in [1.807, 2.05) is 0 Å². The lowest BCUT2D eigenvalue weighted by molar-refractivity contribution is -0.142. The molecular weight excluding hydrogens is 258 g/mol. The van der Waals surface area contributed by atoms with Gasteiger partial charge >= 0.3 is 12.1 Å². The highest BCUT2D eigenvalue weighted by Crippen LogP contribution is 2.07. The summed E-state index contributed by atoms with van der Waals surface area (Å²) in [6.07, 6.45) is -0.604. The normalized spacial score (nSPS) is 12.8. The highest BCUT2D eigenvalue weighted by Gasteiger charge is 2.21. The Balaban J connectivity index is 3.96. The van der Waals surface area contributed by atoms with Crippen molar-refractivity contribution < 1.29 is 19.1 Å². The number of carbonyl (C=O) groups excluding carboxylic acids is 2. The van der Waals surface area contributed by atoms with Crippen molar-refractivity contribution in [2.75, 3.05) is 19.5 Å². The predicted molar refractivity (Wildman–Crippen MR) is 72.3 cm³/mol. The molecule has 0 fully saturated rings. The van der Waals surface area contributed by atoms with Crippen molar-refractivity contribution in [1.82, 2.24) is 5.32 Å². The van der Waals surface area contributed by atoms with Gasteiger partial charge in [0.15, 0.2) is 0 Å². The summed E-state index contributed by atoms with van der Waals surface area (Å²) in [5, 5.41) is 2.41. The molecule has 1 atom stereocenters. The van der Waals surface area contributed by atoms with Gasteiger partial charge in [-0.25, -0.2) is 9.59 Å². The van der Waals surface area contributed by atoms with Crippen molar-refractivity contribution in [3.63, 3.8) is 0 Å². The van der Waals surface area contributed by atoms with E-state index in [1.54, 1.807) is 0 Å². The van der Waals surface area contributed by atoms with Crippen LogP contribution in [0.15, 0.2) is 0 Å². The topological polar surface area (TPSA) is 64.6 Å². The minimum atomic E-state index is -1.21. The van der Waals surface area contributed by atoms with Gasteiger partial charge in [0.25, 0.3) is 0 Å². The fourth-order valence-electron chi connectivity index (χ4n) is 0.955. The molecule has 0 aliphatic heterocycles. The number of esters is 1. The number of thiol groups is 1. The fraction of sp³-hybridized carbons (Fsp3) is 0.800. The summed E-state index contributed by atoms with van der Waals surface area (Å²) < 4.78 is 9.50. The molecule has 0 spiro atoms. The van der Waals surface area contributed by atoms with Crippen LogP contribution in [-0.2, 0) is 14.3 Å². The Morgan fingerprint density at radius 1 is 1.35 bits per heavy atom. The van der Waals surface area contributed by atoms with Gasteiger partial charge in [-0.05, 0) is 6.04 Å². The van der Waals surface area contributed by atoms with E-state index < -0.39 is 26.2 Å². The van der Waals surface area contributed by atoms with Crippen molar-refractivity contribution in [2.24, 2.45) is 0 Å². The largest absolute Gasteiger partial charge is 0.467 e. The summed E-state index contributed by atoms with van der Waals surface area (Å²) in [4.78, 5) is 22.5. The van der Waals surface area contributed by atoms with E-state index in [4.69, 9.17) is 4.74 Å². The number of ether oxygens (including phenoxy) is 2. The van der Waals surface area contributed by atoms with Gasteiger partial charge in [0, 0.05) is 13.8 Å². The molecule has 7 heteroatoms. The molecule has 1 amide bonds. The van der Waals surface area contributed by atoms with Crippen LogP contribution < -0.4 is 5.32 Å². The van der Waals surface area contributed by atoms with Crippen LogP contribution in [0.4, 0.5) is 4.79 Å². The SMILES string of the molecule is COC(=O)[C@H](CS)NC(=O)OCC[Si](C)(C)C. The van der Waals surface area contributed by atoms with Crippen molar-refractivity contribution >= 4 is 32.8 Å². The molecule has 0 saturated heterocycles. The molecule has 5 nitrogen and oxygen atoms in total. The van der Waals surface area contributed by atoms with E-state index in [0.29, 0.717) is 6.61 Å². The van der Waals surface area contributed by atoms with Crippen molar-refractivity contribution in [2.45, 2.75) is 31.7 Å². The molecule has 0 rings (SSSR count). The molecule has 1 N–H and O–H groups in total. The molecule has 0 aromatic carbocycles. The van der Waals surface area contributed by atoms with Crippen molar-refractivity contribution in [3.8, 4) is 0 Å². The van der Waals surface area contributed by atoms with E-state index >= 15 is 0 Å². The van der Waals surface area contributed by atoms with Crippen LogP contribution in [0.5, 0.6) is 0 Å². The van der Waals surface area contributed by atoms with E-state index in [1.165, 1.54) is 7.11 Å². The highest BCUT2D eigenvalue weighted by molar-refractivity contribution is 7.80. The Hall–Kier alpha value is -0.693. The first-order chi connectivity index (χ1) is 7.80. The van der Waals surface area contributed by atoms with Crippen LogP contribution in [0.2, 0.25) is 25.7 Å². The lowest BCUT2D eigenvalue weighted by Crippen LogP contribution is -2.43. The van der Waals surface area contributed by atoms with Gasteiger partial charge in [-0.1, -0.05) is 19.6 Å². The molecule has 0 heterocycles. The third-order valence-electron chi connectivity index (χ3n) is 2.05. The van der Waals surface area contributed by atoms with Gasteiger partial charge in [0.05, 0.1) is 13.7 Å². The predicted octanol–water partition coefficient (Wildman–Crippen LogP) is 1.52. The van der Waals surface area contributed by atoms with E-state index in [0.717, 1.165) is 6.04 Å². The number of hydrogen-bond acceptors (Lipinski definition) is 5. The molecule has 0 radical (unpaired) electrons. The minimum Gasteiger partial charge on any atom is -0.467 e. The summed E-state index contributed by atoms with van der Waals surface area (Å²) in [7, 11) is 0.0482. The minimum absolute atomic E-state index is 0.176. The zero-order valence-corrected chi connectivity index (χ0v) is 12.7. The average molecular weight is 279 g/mol. The maximum absolute atomic E-state index is 11.4. The zero-order valence-electron chi connectivity index (χ0n) is 10.8. The number of hydrogen-bond donors (Lipinski definition) is 2. The number of methoxy groups -OCH3 is 1. The molecular formula is C10H21NO4SSi. The Morgan fingerprint density at radius 3 is 2.35 bits per heavy atom. The molecule has 0 aliphatic rings. The standard InChI is InChI=1S/C10H21NO4SSi/c1-14-9(12)8(7-16)11-10(13)15-5-6-17(2,3)4/h8,16H,5-7H2,1-4H3,(H,11,13)/t8-/m0/s1. The van der Waals surface area contributed by atoms with Crippen LogP contribution >= 0.6 is 12.6 Å². The summed E-state index contributed by atoms with van der Waals surface area (Å²) >= 11 is 3.96. The summed E-state index contributed by atoms with van der Waals surface area (Å²) in [5.41, 5.74) is 0. The second-order valence-corrected chi connectivity index (χ2v) is 10.8. The van der Waals surface area contributed by atoms with Gasteiger partial charge < -0.3 is 14.8 Å². The van der Waals surface area contributed by atoms with Crippen LogP contribution in [0, 0.1) is 0 Å². The Morgan fingerprint density at radius 2 is 1.94 bits per heavy atom. The smallest absolute Gasteiger partial charge is 0.407 e. The Kier molecular flexibility index (Phi) is 7.29. The molecule has 0 bridgehead atoms. The Labute approximate surface area is 109 Å². The molecule has 0 aliphatic carbocycles. The molecule has 100 valence electrons. The number of carbonyl (C=O) groups is 2. The molecule has 17 heavy (non-hydrogen) atoms. The van der Waals surface area contributed by atoms with E-state index in [9.17, 15) is 9.59 Å². The van der Waals surface area contributed by atoms with Crippen LogP contribution in [0.1, 0.15) is 0 Å². The second-order valence-electron chi connectivity index (χ2n) is 4.85. The van der Waals surface area contributed by atoms with E-state index in [2.05, 4.69) is 42.3 Å². The third kappa shape index (κ3) is 8.09. The van der Waals surface area contributed by atoms with Gasteiger partial charge in [-0.2, -0.15) is 12.6 Å². The van der Waals surface area contributed by atoms with Crippen LogP contribution in [-0.4, -0.2) is 45.6 Å². The molecule has 0 aromatic heterocycles. The quantitative estimate of drug-likeness (QED) is 0.439. The van der Waals surface area contributed by atoms with Crippen molar-refractivity contribution in [3.05, 3.63) is 0 Å². The van der Waals surface area contributed by atoms with Crippen molar-refractivity contribution in [1.29, 1.82) is 0 Å². The molecule has 0 aromatic rings. The number of nitrogens with one attached hydrogen (secondary N) is 1. The number of rotatable bonds is 6. The maximum atomic E-state index is 11.4. The monoisotopic (exact) mass is 279 g/mol. The second kappa shape index (κ2) is 7.60. The lowest BCUT2D eigenvalue weighted by atomic mass is 10.3. The maximum Gasteiger partial charge on any atom is 0.407 e. The molecule has 0 saturated carbocycles.